The lowest BCUT2D eigenvalue weighted by Gasteiger charge is -2.16. The van der Waals surface area contributed by atoms with E-state index in [1.807, 2.05) is 0 Å². The second-order valence-corrected chi connectivity index (χ2v) is 7.60. The van der Waals surface area contributed by atoms with Gasteiger partial charge in [0.2, 0.25) is 15.9 Å². The molecule has 1 amide bonds. The Balaban J connectivity index is 1.72. The number of para-hydroxylation sites is 1. The number of sulfonamides is 1. The van der Waals surface area contributed by atoms with Gasteiger partial charge >= 0.3 is 0 Å². The van der Waals surface area contributed by atoms with Gasteiger partial charge < -0.3 is 10.1 Å². The molecule has 0 spiro atoms. The maximum Gasteiger partial charge on any atom is 0.243 e. The van der Waals surface area contributed by atoms with Crippen LogP contribution in [0.1, 0.15) is 6.42 Å². The van der Waals surface area contributed by atoms with Crippen LogP contribution in [0, 0.1) is 5.82 Å². The van der Waals surface area contributed by atoms with E-state index in [0.717, 1.165) is 4.31 Å². The van der Waals surface area contributed by atoms with Gasteiger partial charge in [-0.25, -0.2) is 12.8 Å². The number of carbonyl (C=O) groups is 1. The minimum atomic E-state index is -3.70. The summed E-state index contributed by atoms with van der Waals surface area (Å²) in [4.78, 5) is 12.0. The fourth-order valence-corrected chi connectivity index (χ4v) is 3.31. The van der Waals surface area contributed by atoms with Crippen molar-refractivity contribution in [3.05, 3.63) is 60.4 Å². The molecule has 0 atom stereocenters. The second-order valence-electron chi connectivity index (χ2n) is 5.56. The van der Waals surface area contributed by atoms with Crippen LogP contribution in [0.2, 0.25) is 0 Å². The first-order valence-electron chi connectivity index (χ1n) is 8.06. The van der Waals surface area contributed by atoms with Crippen LogP contribution < -0.4 is 10.1 Å². The molecule has 0 fully saturated rings. The number of ether oxygens (including phenoxy) is 1. The van der Waals surface area contributed by atoms with Gasteiger partial charge in [0, 0.05) is 13.6 Å². The average molecular weight is 380 g/mol. The summed E-state index contributed by atoms with van der Waals surface area (Å²) in [5, 5.41) is 2.62. The van der Waals surface area contributed by atoms with Crippen molar-refractivity contribution < 1.29 is 22.3 Å². The molecule has 0 bridgehead atoms. The quantitative estimate of drug-likeness (QED) is 0.676. The minimum Gasteiger partial charge on any atom is -0.490 e. The highest BCUT2D eigenvalue weighted by atomic mass is 32.2. The fraction of sp³-hybridized carbons (Fsp3) is 0.278. The summed E-state index contributed by atoms with van der Waals surface area (Å²) in [6.07, 6.45) is 0.467. The Morgan fingerprint density at radius 2 is 1.77 bits per heavy atom. The van der Waals surface area contributed by atoms with Crippen molar-refractivity contribution in [1.82, 2.24) is 9.62 Å². The number of rotatable bonds is 9. The van der Waals surface area contributed by atoms with Gasteiger partial charge in [0.05, 0.1) is 18.0 Å². The first-order valence-corrected chi connectivity index (χ1v) is 9.50. The number of hydrogen-bond donors (Lipinski definition) is 1. The van der Waals surface area contributed by atoms with Crippen molar-refractivity contribution in [3.63, 3.8) is 0 Å². The van der Waals surface area contributed by atoms with Crippen LogP contribution in [0.25, 0.3) is 0 Å². The van der Waals surface area contributed by atoms with Gasteiger partial charge in [-0.2, -0.15) is 4.31 Å². The highest BCUT2D eigenvalue weighted by Gasteiger charge is 2.22. The van der Waals surface area contributed by atoms with Crippen molar-refractivity contribution >= 4 is 15.9 Å². The van der Waals surface area contributed by atoms with Crippen LogP contribution in [-0.4, -0.2) is 45.4 Å². The van der Waals surface area contributed by atoms with Crippen molar-refractivity contribution in [2.75, 3.05) is 26.7 Å². The second kappa shape index (κ2) is 9.30. The number of halogens is 1. The molecule has 0 aliphatic carbocycles. The molecule has 1 N–H and O–H groups in total. The van der Waals surface area contributed by atoms with Crippen LogP contribution in [0.4, 0.5) is 4.39 Å². The Hall–Kier alpha value is -2.45. The molecule has 2 rings (SSSR count). The molecular formula is C18H21FN2O4S. The summed E-state index contributed by atoms with van der Waals surface area (Å²) < 4.78 is 44.3. The number of benzene rings is 2. The average Bonchev–Trinajstić information content (AvgIpc) is 2.63. The van der Waals surface area contributed by atoms with Crippen molar-refractivity contribution in [3.8, 4) is 5.75 Å². The van der Waals surface area contributed by atoms with E-state index in [1.54, 1.807) is 30.3 Å². The highest BCUT2D eigenvalue weighted by molar-refractivity contribution is 7.89. The van der Waals surface area contributed by atoms with Crippen molar-refractivity contribution in [2.45, 2.75) is 11.3 Å². The van der Waals surface area contributed by atoms with Crippen LogP contribution in [-0.2, 0) is 14.8 Å². The smallest absolute Gasteiger partial charge is 0.243 e. The summed E-state index contributed by atoms with van der Waals surface area (Å²) in [7, 11) is -2.35. The largest absolute Gasteiger partial charge is 0.490 e. The molecule has 26 heavy (non-hydrogen) atoms. The van der Waals surface area contributed by atoms with E-state index in [2.05, 4.69) is 5.32 Å². The van der Waals surface area contributed by atoms with Gasteiger partial charge in [-0.1, -0.05) is 30.3 Å². The van der Waals surface area contributed by atoms with Gasteiger partial charge in [0.1, 0.15) is 0 Å². The standard InChI is InChI=1S/C18H21FN2O4S/c1-21(26(23,24)15-8-3-2-4-9-15)14-18(22)20-12-7-13-25-17-11-6-5-10-16(17)19/h2-6,8-11H,7,12-14H2,1H3,(H,20,22). The van der Waals surface area contributed by atoms with E-state index < -0.39 is 21.7 Å². The summed E-state index contributed by atoms with van der Waals surface area (Å²) >= 11 is 0. The molecule has 2 aromatic rings. The number of nitrogens with zero attached hydrogens (tertiary/aromatic N) is 1. The molecule has 0 saturated heterocycles. The number of hydrogen-bond acceptors (Lipinski definition) is 4. The lowest BCUT2D eigenvalue weighted by molar-refractivity contribution is -0.121. The van der Waals surface area contributed by atoms with Crippen LogP contribution in [0.15, 0.2) is 59.5 Å². The minimum absolute atomic E-state index is 0.133. The van der Waals surface area contributed by atoms with E-state index in [-0.39, 0.29) is 23.8 Å². The molecule has 8 heteroatoms. The van der Waals surface area contributed by atoms with E-state index in [9.17, 15) is 17.6 Å². The molecule has 0 heterocycles. The summed E-state index contributed by atoms with van der Waals surface area (Å²) in [6.45, 7) is 0.247. The Labute approximate surface area is 152 Å². The fourth-order valence-electron chi connectivity index (χ4n) is 2.16. The lowest BCUT2D eigenvalue weighted by atomic mass is 10.3. The molecule has 0 saturated carbocycles. The molecule has 0 unspecified atom stereocenters. The maximum atomic E-state index is 13.4. The zero-order valence-corrected chi connectivity index (χ0v) is 15.2. The molecule has 2 aromatic carbocycles. The molecule has 0 aliphatic rings. The Morgan fingerprint density at radius 3 is 2.46 bits per heavy atom. The van der Waals surface area contributed by atoms with Crippen LogP contribution >= 0.6 is 0 Å². The summed E-state index contributed by atoms with van der Waals surface area (Å²) in [5.41, 5.74) is 0. The first-order chi connectivity index (χ1) is 12.4. The van der Waals surface area contributed by atoms with Crippen molar-refractivity contribution in [1.29, 1.82) is 0 Å². The number of likely N-dealkylation sites (N-methyl/N-ethyl adjacent to an activating group) is 1. The molecule has 0 aromatic heterocycles. The molecule has 0 aliphatic heterocycles. The van der Waals surface area contributed by atoms with E-state index in [4.69, 9.17) is 4.74 Å². The summed E-state index contributed by atoms with van der Waals surface area (Å²) in [6, 6.07) is 14.0. The predicted molar refractivity (Wildman–Crippen MR) is 95.8 cm³/mol. The monoisotopic (exact) mass is 380 g/mol. The van der Waals surface area contributed by atoms with Gasteiger partial charge in [-0.05, 0) is 30.7 Å². The Morgan fingerprint density at radius 1 is 1.12 bits per heavy atom. The number of amides is 1. The van der Waals surface area contributed by atoms with Gasteiger partial charge in [0.15, 0.2) is 11.6 Å². The SMILES string of the molecule is CN(CC(=O)NCCCOc1ccccc1F)S(=O)(=O)c1ccccc1. The van der Waals surface area contributed by atoms with E-state index in [0.29, 0.717) is 13.0 Å². The van der Waals surface area contributed by atoms with Crippen LogP contribution in [0.3, 0.4) is 0 Å². The normalized spacial score (nSPS) is 11.3. The van der Waals surface area contributed by atoms with Gasteiger partial charge in [0.25, 0.3) is 0 Å². The zero-order valence-electron chi connectivity index (χ0n) is 14.4. The maximum absolute atomic E-state index is 13.4. The van der Waals surface area contributed by atoms with E-state index >= 15 is 0 Å². The van der Waals surface area contributed by atoms with Gasteiger partial charge in [-0.15, -0.1) is 0 Å². The third kappa shape index (κ3) is 5.53. The van der Waals surface area contributed by atoms with E-state index in [1.165, 1.54) is 31.3 Å². The van der Waals surface area contributed by atoms with Crippen LogP contribution in [0.5, 0.6) is 5.75 Å². The van der Waals surface area contributed by atoms with Gasteiger partial charge in [-0.3, -0.25) is 4.79 Å². The first kappa shape index (κ1) is 19.9. The topological polar surface area (TPSA) is 75.7 Å². The van der Waals surface area contributed by atoms with Crippen molar-refractivity contribution in [2.24, 2.45) is 0 Å². The Kier molecular flexibility index (Phi) is 7.11. The molecular weight excluding hydrogens is 359 g/mol. The number of carbonyl (C=O) groups excluding carboxylic acids is 1. The third-order valence-electron chi connectivity index (χ3n) is 3.56. The Bertz CT molecular complexity index is 828. The number of nitrogens with one attached hydrogen (secondary N) is 1. The highest BCUT2D eigenvalue weighted by Crippen LogP contribution is 2.15. The predicted octanol–water partition coefficient (Wildman–Crippen LogP) is 2.03. The summed E-state index contributed by atoms with van der Waals surface area (Å²) in [5.74, 6) is -0.699. The lowest BCUT2D eigenvalue weighted by Crippen LogP contribution is -2.38. The molecule has 140 valence electrons. The molecule has 6 nitrogen and oxygen atoms in total. The zero-order chi connectivity index (χ0) is 19.0. The third-order valence-corrected chi connectivity index (χ3v) is 5.37. The molecule has 0 radical (unpaired) electrons.